The van der Waals surface area contributed by atoms with Crippen molar-refractivity contribution in [3.8, 4) is 11.5 Å². The number of para-hydroxylation sites is 2. The number of carbonyl (C=O) groups excluding carboxylic acids is 1. The number of hydrogen-bond acceptors (Lipinski definition) is 3. The summed E-state index contributed by atoms with van der Waals surface area (Å²) in [5.41, 5.74) is 1.49. The quantitative estimate of drug-likeness (QED) is 0.756. The molecular formula is C15H14O3. The van der Waals surface area contributed by atoms with E-state index in [0.717, 1.165) is 17.6 Å². The van der Waals surface area contributed by atoms with Crippen molar-refractivity contribution in [3.05, 3.63) is 59.7 Å². The maximum Gasteiger partial charge on any atom is 0.153 e. The Morgan fingerprint density at radius 3 is 2.39 bits per heavy atom. The van der Waals surface area contributed by atoms with Crippen LogP contribution < -0.4 is 9.47 Å². The summed E-state index contributed by atoms with van der Waals surface area (Å²) < 4.78 is 10.9. The first kappa shape index (κ1) is 12.2. The van der Waals surface area contributed by atoms with Crippen LogP contribution in [0.25, 0.3) is 0 Å². The zero-order valence-corrected chi connectivity index (χ0v) is 10.1. The summed E-state index contributed by atoms with van der Waals surface area (Å²) in [7, 11) is 1.62. The van der Waals surface area contributed by atoms with Crippen molar-refractivity contribution in [2.45, 2.75) is 6.61 Å². The third kappa shape index (κ3) is 2.69. The van der Waals surface area contributed by atoms with Crippen molar-refractivity contribution in [3.63, 3.8) is 0 Å². The Balaban J connectivity index is 2.14. The first-order chi connectivity index (χ1) is 8.85. The average molecular weight is 242 g/mol. The second-order valence-corrected chi connectivity index (χ2v) is 3.76. The summed E-state index contributed by atoms with van der Waals surface area (Å²) in [5.74, 6) is 1.36. The van der Waals surface area contributed by atoms with Crippen LogP contribution in [-0.2, 0) is 6.61 Å². The van der Waals surface area contributed by atoms with Gasteiger partial charge >= 0.3 is 0 Å². The molecule has 0 aromatic heterocycles. The van der Waals surface area contributed by atoms with E-state index >= 15 is 0 Å². The van der Waals surface area contributed by atoms with E-state index < -0.39 is 0 Å². The monoisotopic (exact) mass is 242 g/mol. The lowest BCUT2D eigenvalue weighted by atomic mass is 10.2. The SMILES string of the molecule is COc1ccccc1COc1ccccc1C=O. The fourth-order valence-electron chi connectivity index (χ4n) is 1.69. The molecule has 0 spiro atoms. The molecular weight excluding hydrogens is 228 g/mol. The standard InChI is InChI=1S/C15H14O3/c1-17-14-8-4-3-7-13(14)11-18-15-9-5-2-6-12(15)10-16/h2-10H,11H2,1H3. The van der Waals surface area contributed by atoms with E-state index in [2.05, 4.69) is 0 Å². The van der Waals surface area contributed by atoms with Gasteiger partial charge in [0, 0.05) is 5.56 Å². The normalized spacial score (nSPS) is 9.83. The lowest BCUT2D eigenvalue weighted by Gasteiger charge is -2.11. The van der Waals surface area contributed by atoms with Crippen LogP contribution in [0.4, 0.5) is 0 Å². The summed E-state index contributed by atoms with van der Waals surface area (Å²) >= 11 is 0. The molecule has 0 atom stereocenters. The molecule has 92 valence electrons. The molecule has 18 heavy (non-hydrogen) atoms. The molecule has 2 aromatic rings. The van der Waals surface area contributed by atoms with Crippen LogP contribution in [0.3, 0.4) is 0 Å². The predicted octanol–water partition coefficient (Wildman–Crippen LogP) is 3.09. The summed E-state index contributed by atoms with van der Waals surface area (Å²) in [6.45, 7) is 0.370. The smallest absolute Gasteiger partial charge is 0.153 e. The van der Waals surface area contributed by atoms with Gasteiger partial charge in [-0.1, -0.05) is 30.3 Å². The molecule has 3 heteroatoms. The highest BCUT2D eigenvalue weighted by atomic mass is 16.5. The van der Waals surface area contributed by atoms with Gasteiger partial charge in [0.1, 0.15) is 18.1 Å². The molecule has 3 nitrogen and oxygen atoms in total. The van der Waals surface area contributed by atoms with Gasteiger partial charge < -0.3 is 9.47 Å². The van der Waals surface area contributed by atoms with Crippen LogP contribution in [0.15, 0.2) is 48.5 Å². The van der Waals surface area contributed by atoms with Gasteiger partial charge in [-0.05, 0) is 18.2 Å². The van der Waals surface area contributed by atoms with Gasteiger partial charge in [0.2, 0.25) is 0 Å². The highest BCUT2D eigenvalue weighted by molar-refractivity contribution is 5.79. The van der Waals surface area contributed by atoms with Crippen LogP contribution in [-0.4, -0.2) is 13.4 Å². The number of benzene rings is 2. The Morgan fingerprint density at radius 2 is 1.67 bits per heavy atom. The van der Waals surface area contributed by atoms with Crippen molar-refractivity contribution in [2.75, 3.05) is 7.11 Å². The fraction of sp³-hybridized carbons (Fsp3) is 0.133. The van der Waals surface area contributed by atoms with Crippen molar-refractivity contribution >= 4 is 6.29 Å². The second kappa shape index (κ2) is 5.87. The molecule has 0 aliphatic carbocycles. The maximum absolute atomic E-state index is 10.9. The first-order valence-corrected chi connectivity index (χ1v) is 5.64. The maximum atomic E-state index is 10.9. The lowest BCUT2D eigenvalue weighted by molar-refractivity contribution is 0.111. The van der Waals surface area contributed by atoms with E-state index in [1.165, 1.54) is 0 Å². The summed E-state index contributed by atoms with van der Waals surface area (Å²) in [6, 6.07) is 14.8. The second-order valence-electron chi connectivity index (χ2n) is 3.76. The van der Waals surface area contributed by atoms with E-state index in [1.807, 2.05) is 30.3 Å². The Kier molecular flexibility index (Phi) is 3.97. The summed E-state index contributed by atoms with van der Waals surface area (Å²) in [6.07, 6.45) is 0.789. The highest BCUT2D eigenvalue weighted by Crippen LogP contribution is 2.21. The molecule has 0 radical (unpaired) electrons. The molecule has 0 unspecified atom stereocenters. The van der Waals surface area contributed by atoms with Crippen molar-refractivity contribution in [2.24, 2.45) is 0 Å². The van der Waals surface area contributed by atoms with Crippen LogP contribution in [0.1, 0.15) is 15.9 Å². The number of rotatable bonds is 5. The molecule has 0 N–H and O–H groups in total. The molecule has 0 aliphatic heterocycles. The van der Waals surface area contributed by atoms with Crippen LogP contribution in [0.2, 0.25) is 0 Å². The topological polar surface area (TPSA) is 35.5 Å². The van der Waals surface area contributed by atoms with Gasteiger partial charge in [-0.25, -0.2) is 0 Å². The van der Waals surface area contributed by atoms with E-state index in [4.69, 9.17) is 9.47 Å². The van der Waals surface area contributed by atoms with Crippen molar-refractivity contribution in [1.82, 2.24) is 0 Å². The van der Waals surface area contributed by atoms with Gasteiger partial charge in [-0.2, -0.15) is 0 Å². The fourth-order valence-corrected chi connectivity index (χ4v) is 1.69. The number of methoxy groups -OCH3 is 1. The summed E-state index contributed by atoms with van der Waals surface area (Å²) in [5, 5.41) is 0. The minimum atomic E-state index is 0.370. The molecule has 2 rings (SSSR count). The van der Waals surface area contributed by atoms with Crippen LogP contribution in [0, 0.1) is 0 Å². The minimum absolute atomic E-state index is 0.370. The highest BCUT2D eigenvalue weighted by Gasteiger charge is 2.05. The molecule has 0 amide bonds. The molecule has 0 bridgehead atoms. The number of aldehydes is 1. The summed E-state index contributed by atoms with van der Waals surface area (Å²) in [4.78, 5) is 10.9. The zero-order valence-electron chi connectivity index (χ0n) is 10.1. The molecule has 0 saturated heterocycles. The Morgan fingerprint density at radius 1 is 1.00 bits per heavy atom. The van der Waals surface area contributed by atoms with E-state index in [0.29, 0.717) is 17.9 Å². The van der Waals surface area contributed by atoms with Gasteiger partial charge in [-0.3, -0.25) is 4.79 Å². The Hall–Kier alpha value is -2.29. The van der Waals surface area contributed by atoms with Crippen LogP contribution in [0.5, 0.6) is 11.5 Å². The average Bonchev–Trinajstić information content (AvgIpc) is 2.45. The Bertz CT molecular complexity index is 535. The van der Waals surface area contributed by atoms with Gasteiger partial charge in [0.05, 0.1) is 12.7 Å². The molecule has 0 saturated carbocycles. The third-order valence-electron chi connectivity index (χ3n) is 2.62. The van der Waals surface area contributed by atoms with Crippen molar-refractivity contribution < 1.29 is 14.3 Å². The number of ether oxygens (including phenoxy) is 2. The minimum Gasteiger partial charge on any atom is -0.496 e. The van der Waals surface area contributed by atoms with Crippen molar-refractivity contribution in [1.29, 1.82) is 0 Å². The van der Waals surface area contributed by atoms with Gasteiger partial charge in [0.25, 0.3) is 0 Å². The third-order valence-corrected chi connectivity index (χ3v) is 2.62. The van der Waals surface area contributed by atoms with E-state index in [9.17, 15) is 4.79 Å². The largest absolute Gasteiger partial charge is 0.496 e. The molecule has 0 fully saturated rings. The lowest BCUT2D eigenvalue weighted by Crippen LogP contribution is -2.00. The van der Waals surface area contributed by atoms with E-state index in [-0.39, 0.29) is 0 Å². The predicted molar refractivity (Wildman–Crippen MR) is 69.2 cm³/mol. The molecule has 0 aliphatic rings. The van der Waals surface area contributed by atoms with Gasteiger partial charge in [-0.15, -0.1) is 0 Å². The van der Waals surface area contributed by atoms with Gasteiger partial charge in [0.15, 0.2) is 6.29 Å². The van der Waals surface area contributed by atoms with Crippen LogP contribution >= 0.6 is 0 Å². The van der Waals surface area contributed by atoms with E-state index in [1.54, 1.807) is 25.3 Å². The number of hydrogen-bond donors (Lipinski definition) is 0. The number of carbonyl (C=O) groups is 1. The zero-order chi connectivity index (χ0) is 12.8. The molecule has 0 heterocycles. The Labute approximate surface area is 106 Å². The first-order valence-electron chi connectivity index (χ1n) is 5.64. The molecule has 2 aromatic carbocycles.